The quantitative estimate of drug-likeness (QED) is 0.941. The van der Waals surface area contributed by atoms with E-state index in [9.17, 15) is 0 Å². The summed E-state index contributed by atoms with van der Waals surface area (Å²) in [5.41, 5.74) is 1.83. The highest BCUT2D eigenvalue weighted by molar-refractivity contribution is 7.15. The zero-order chi connectivity index (χ0) is 14.8. The molecule has 1 spiro atoms. The largest absolute Gasteiger partial charge is 0.317 e. The summed E-state index contributed by atoms with van der Waals surface area (Å²) in [6.45, 7) is 5.99. The van der Waals surface area contributed by atoms with Crippen LogP contribution in [0.1, 0.15) is 24.1 Å². The molecule has 0 unspecified atom stereocenters. The molecule has 3 nitrogen and oxygen atoms in total. The SMILES string of the molecule is c1ccc(-c2ncc(CN3CCC4(CCNCC4)C3)s2)cc1. The molecule has 0 saturated carbocycles. The fraction of sp³-hybridized carbons (Fsp3) is 0.500. The van der Waals surface area contributed by atoms with E-state index in [-0.39, 0.29) is 0 Å². The van der Waals surface area contributed by atoms with Crippen LogP contribution in [0.5, 0.6) is 0 Å². The first-order chi connectivity index (χ1) is 10.8. The van der Waals surface area contributed by atoms with Crippen molar-refractivity contribution in [2.24, 2.45) is 5.41 Å². The van der Waals surface area contributed by atoms with Crippen molar-refractivity contribution in [1.82, 2.24) is 15.2 Å². The molecule has 4 heteroatoms. The number of nitrogens with zero attached hydrogens (tertiary/aromatic N) is 2. The lowest BCUT2D eigenvalue weighted by atomic mass is 9.78. The molecule has 0 amide bonds. The summed E-state index contributed by atoms with van der Waals surface area (Å²) >= 11 is 1.84. The van der Waals surface area contributed by atoms with E-state index >= 15 is 0 Å². The van der Waals surface area contributed by atoms with E-state index in [1.807, 2.05) is 11.3 Å². The summed E-state index contributed by atoms with van der Waals surface area (Å²) in [6, 6.07) is 10.5. The van der Waals surface area contributed by atoms with Gasteiger partial charge in [-0.25, -0.2) is 4.98 Å². The monoisotopic (exact) mass is 313 g/mol. The second-order valence-corrected chi connectivity index (χ2v) is 7.82. The van der Waals surface area contributed by atoms with Crippen LogP contribution in [0, 0.1) is 5.41 Å². The maximum absolute atomic E-state index is 4.61. The van der Waals surface area contributed by atoms with Gasteiger partial charge >= 0.3 is 0 Å². The van der Waals surface area contributed by atoms with Crippen LogP contribution in [0.3, 0.4) is 0 Å². The lowest BCUT2D eigenvalue weighted by Crippen LogP contribution is -2.38. The van der Waals surface area contributed by atoms with Gasteiger partial charge in [0.15, 0.2) is 0 Å². The van der Waals surface area contributed by atoms with Gasteiger partial charge in [-0.3, -0.25) is 4.90 Å². The van der Waals surface area contributed by atoms with E-state index in [2.05, 4.69) is 51.7 Å². The third kappa shape index (κ3) is 2.96. The average molecular weight is 313 g/mol. The molecule has 0 atom stereocenters. The normalized spacial score (nSPS) is 21.5. The first-order valence-corrected chi connectivity index (χ1v) is 9.08. The fourth-order valence-corrected chi connectivity index (χ4v) is 4.80. The van der Waals surface area contributed by atoms with Gasteiger partial charge in [-0.05, 0) is 44.3 Å². The van der Waals surface area contributed by atoms with Gasteiger partial charge in [0.05, 0.1) is 0 Å². The number of piperidine rings is 1. The lowest BCUT2D eigenvalue weighted by Gasteiger charge is -2.33. The lowest BCUT2D eigenvalue weighted by molar-refractivity contribution is 0.194. The Hall–Kier alpha value is -1.23. The van der Waals surface area contributed by atoms with Crippen molar-refractivity contribution >= 4 is 11.3 Å². The van der Waals surface area contributed by atoms with E-state index in [1.54, 1.807) is 0 Å². The molecule has 2 aliphatic rings. The molecule has 1 aromatic carbocycles. The number of thiazole rings is 1. The fourth-order valence-electron chi connectivity index (χ4n) is 3.84. The van der Waals surface area contributed by atoms with Crippen molar-refractivity contribution in [3.63, 3.8) is 0 Å². The van der Waals surface area contributed by atoms with Crippen molar-refractivity contribution in [2.45, 2.75) is 25.8 Å². The van der Waals surface area contributed by atoms with Crippen molar-refractivity contribution in [2.75, 3.05) is 26.2 Å². The van der Waals surface area contributed by atoms with Gasteiger partial charge in [0.1, 0.15) is 5.01 Å². The average Bonchev–Trinajstić information content (AvgIpc) is 3.17. The molecule has 1 N–H and O–H groups in total. The van der Waals surface area contributed by atoms with E-state index in [0.717, 1.165) is 11.6 Å². The molecule has 2 aliphatic heterocycles. The van der Waals surface area contributed by atoms with Gasteiger partial charge in [0.2, 0.25) is 0 Å². The van der Waals surface area contributed by atoms with E-state index in [1.165, 1.54) is 55.9 Å². The Labute approximate surface area is 136 Å². The smallest absolute Gasteiger partial charge is 0.123 e. The van der Waals surface area contributed by atoms with Gasteiger partial charge in [-0.1, -0.05) is 30.3 Å². The molecule has 4 rings (SSSR count). The Morgan fingerprint density at radius 2 is 1.95 bits per heavy atom. The molecular formula is C18H23N3S. The number of nitrogens with one attached hydrogen (secondary N) is 1. The number of hydrogen-bond acceptors (Lipinski definition) is 4. The second-order valence-electron chi connectivity index (χ2n) is 6.71. The van der Waals surface area contributed by atoms with Crippen LogP contribution in [-0.4, -0.2) is 36.1 Å². The minimum Gasteiger partial charge on any atom is -0.317 e. The first-order valence-electron chi connectivity index (χ1n) is 8.26. The number of hydrogen-bond donors (Lipinski definition) is 1. The van der Waals surface area contributed by atoms with Crippen LogP contribution < -0.4 is 5.32 Å². The molecule has 2 fully saturated rings. The molecule has 22 heavy (non-hydrogen) atoms. The molecular weight excluding hydrogens is 290 g/mol. The van der Waals surface area contributed by atoms with E-state index < -0.39 is 0 Å². The second kappa shape index (κ2) is 6.11. The van der Waals surface area contributed by atoms with E-state index in [4.69, 9.17) is 0 Å². The Morgan fingerprint density at radius 1 is 1.14 bits per heavy atom. The summed E-state index contributed by atoms with van der Waals surface area (Å²) in [4.78, 5) is 8.64. The Balaban J connectivity index is 1.41. The van der Waals surface area contributed by atoms with Crippen molar-refractivity contribution in [1.29, 1.82) is 0 Å². The Kier molecular flexibility index (Phi) is 3.99. The minimum atomic E-state index is 0.595. The molecule has 0 radical (unpaired) electrons. The standard InChI is InChI=1S/C18H23N3S/c1-2-4-15(5-3-1)17-20-12-16(22-17)13-21-11-8-18(14-21)6-9-19-10-7-18/h1-5,12,19H,6-11,13-14H2. The summed E-state index contributed by atoms with van der Waals surface area (Å²) < 4.78 is 0. The van der Waals surface area contributed by atoms with Gasteiger partial charge in [-0.15, -0.1) is 11.3 Å². The Bertz CT molecular complexity index is 616. The van der Waals surface area contributed by atoms with Crippen LogP contribution >= 0.6 is 11.3 Å². The highest BCUT2D eigenvalue weighted by Crippen LogP contribution is 2.39. The highest BCUT2D eigenvalue weighted by atomic mass is 32.1. The first kappa shape index (κ1) is 14.4. The van der Waals surface area contributed by atoms with Crippen LogP contribution in [-0.2, 0) is 6.54 Å². The number of benzene rings is 1. The number of rotatable bonds is 3. The maximum atomic E-state index is 4.61. The van der Waals surface area contributed by atoms with Gasteiger partial charge in [0.25, 0.3) is 0 Å². The Morgan fingerprint density at radius 3 is 2.77 bits per heavy atom. The molecule has 1 aromatic heterocycles. The van der Waals surface area contributed by atoms with Gasteiger partial charge < -0.3 is 5.32 Å². The molecule has 2 aromatic rings. The zero-order valence-electron chi connectivity index (χ0n) is 12.9. The molecule has 2 saturated heterocycles. The maximum Gasteiger partial charge on any atom is 0.123 e. The highest BCUT2D eigenvalue weighted by Gasteiger charge is 2.38. The van der Waals surface area contributed by atoms with Crippen LogP contribution in [0.15, 0.2) is 36.5 Å². The van der Waals surface area contributed by atoms with Crippen LogP contribution in [0.2, 0.25) is 0 Å². The summed E-state index contributed by atoms with van der Waals surface area (Å²) in [6.07, 6.45) is 6.14. The van der Waals surface area contributed by atoms with Crippen molar-refractivity contribution in [3.05, 3.63) is 41.4 Å². The predicted molar refractivity (Wildman–Crippen MR) is 92.0 cm³/mol. The molecule has 116 valence electrons. The number of aromatic nitrogens is 1. The summed E-state index contributed by atoms with van der Waals surface area (Å²) in [7, 11) is 0. The van der Waals surface area contributed by atoms with Crippen LogP contribution in [0.25, 0.3) is 10.6 Å². The van der Waals surface area contributed by atoms with E-state index in [0.29, 0.717) is 5.41 Å². The van der Waals surface area contributed by atoms with Crippen molar-refractivity contribution < 1.29 is 0 Å². The van der Waals surface area contributed by atoms with Gasteiger partial charge in [0, 0.05) is 29.7 Å². The summed E-state index contributed by atoms with van der Waals surface area (Å²) in [5, 5.41) is 4.64. The third-order valence-corrected chi connectivity index (χ3v) is 6.17. The van der Waals surface area contributed by atoms with Crippen molar-refractivity contribution in [3.8, 4) is 10.6 Å². The zero-order valence-corrected chi connectivity index (χ0v) is 13.7. The summed E-state index contributed by atoms with van der Waals surface area (Å²) in [5.74, 6) is 0. The number of likely N-dealkylation sites (tertiary alicyclic amines) is 1. The molecule has 0 bridgehead atoms. The topological polar surface area (TPSA) is 28.2 Å². The predicted octanol–water partition coefficient (Wildman–Crippen LogP) is 3.39. The third-order valence-electron chi connectivity index (χ3n) is 5.14. The minimum absolute atomic E-state index is 0.595. The molecule has 0 aliphatic carbocycles. The molecule has 3 heterocycles. The van der Waals surface area contributed by atoms with Gasteiger partial charge in [-0.2, -0.15) is 0 Å². The van der Waals surface area contributed by atoms with Crippen LogP contribution in [0.4, 0.5) is 0 Å².